The summed E-state index contributed by atoms with van der Waals surface area (Å²) < 4.78 is 5.00. The smallest absolute Gasteiger partial charge is 0.0947 e. The summed E-state index contributed by atoms with van der Waals surface area (Å²) in [5.74, 6) is 0. The van der Waals surface area contributed by atoms with E-state index in [9.17, 15) is 5.11 Å². The van der Waals surface area contributed by atoms with Crippen molar-refractivity contribution in [1.29, 1.82) is 0 Å². The first-order valence-electron chi connectivity index (χ1n) is 5.67. The molecule has 0 aliphatic heterocycles. The molecule has 1 aromatic heterocycles. The van der Waals surface area contributed by atoms with Gasteiger partial charge in [-0.3, -0.25) is 0 Å². The molecule has 15 heavy (non-hydrogen) atoms. The van der Waals surface area contributed by atoms with E-state index in [0.29, 0.717) is 6.61 Å². The molecule has 0 radical (unpaired) electrons. The summed E-state index contributed by atoms with van der Waals surface area (Å²) in [6, 6.07) is 1.97. The van der Waals surface area contributed by atoms with Crippen LogP contribution in [0.5, 0.6) is 0 Å². The van der Waals surface area contributed by atoms with E-state index >= 15 is 0 Å². The second-order valence-corrected chi connectivity index (χ2v) is 4.60. The zero-order chi connectivity index (χ0) is 10.6. The number of nitrogens with one attached hydrogen (secondary N) is 1. The van der Waals surface area contributed by atoms with Crippen LogP contribution in [0.15, 0.2) is 23.0 Å². The molecular formula is C12H19NO2. The third-order valence-corrected chi connectivity index (χ3v) is 3.41. The van der Waals surface area contributed by atoms with Crippen molar-refractivity contribution in [2.75, 3.05) is 13.2 Å². The second-order valence-electron chi connectivity index (χ2n) is 4.60. The number of aliphatic hydroxyl groups is 1. The zero-order valence-corrected chi connectivity index (χ0v) is 9.04. The summed E-state index contributed by atoms with van der Waals surface area (Å²) in [5, 5.41) is 12.8. The molecule has 0 atom stereocenters. The molecule has 0 amide bonds. The van der Waals surface area contributed by atoms with Crippen LogP contribution in [0.1, 0.15) is 31.2 Å². The van der Waals surface area contributed by atoms with Crippen LogP contribution in [0, 0.1) is 5.41 Å². The first-order chi connectivity index (χ1) is 7.35. The predicted molar refractivity (Wildman–Crippen MR) is 58.4 cm³/mol. The topological polar surface area (TPSA) is 45.4 Å². The molecule has 0 bridgehead atoms. The van der Waals surface area contributed by atoms with Crippen molar-refractivity contribution < 1.29 is 9.52 Å². The fraction of sp³-hybridized carbons (Fsp3) is 0.667. The van der Waals surface area contributed by atoms with Crippen LogP contribution in [0.3, 0.4) is 0 Å². The van der Waals surface area contributed by atoms with Gasteiger partial charge in [0.05, 0.1) is 12.5 Å². The monoisotopic (exact) mass is 209 g/mol. The van der Waals surface area contributed by atoms with Crippen LogP contribution in [0.4, 0.5) is 0 Å². The number of hydrogen-bond acceptors (Lipinski definition) is 3. The highest BCUT2D eigenvalue weighted by Gasteiger charge is 2.32. The molecule has 1 aliphatic carbocycles. The molecule has 1 aliphatic rings. The Balaban J connectivity index is 1.77. The lowest BCUT2D eigenvalue weighted by atomic mass is 9.87. The summed E-state index contributed by atoms with van der Waals surface area (Å²) in [6.07, 6.45) is 8.27. The molecule has 2 rings (SSSR count). The first kappa shape index (κ1) is 10.7. The molecule has 0 aromatic carbocycles. The SMILES string of the molecule is OCC1(CNCc2ccoc2)CCCC1. The Labute approximate surface area is 90.5 Å². The Hall–Kier alpha value is -0.800. The molecule has 2 N–H and O–H groups in total. The lowest BCUT2D eigenvalue weighted by Gasteiger charge is -2.26. The third kappa shape index (κ3) is 2.61. The molecule has 1 saturated carbocycles. The van der Waals surface area contributed by atoms with Gasteiger partial charge >= 0.3 is 0 Å². The van der Waals surface area contributed by atoms with Crippen molar-refractivity contribution >= 4 is 0 Å². The minimum absolute atomic E-state index is 0.143. The van der Waals surface area contributed by atoms with Gasteiger partial charge in [0, 0.05) is 30.7 Å². The molecule has 3 heteroatoms. The average molecular weight is 209 g/mol. The fourth-order valence-electron chi connectivity index (χ4n) is 2.38. The number of hydrogen-bond donors (Lipinski definition) is 2. The maximum absolute atomic E-state index is 9.42. The van der Waals surface area contributed by atoms with E-state index in [1.165, 1.54) is 18.4 Å². The van der Waals surface area contributed by atoms with Gasteiger partial charge in [-0.25, -0.2) is 0 Å². The number of furan rings is 1. The molecule has 3 nitrogen and oxygen atoms in total. The van der Waals surface area contributed by atoms with E-state index in [4.69, 9.17) is 4.42 Å². The third-order valence-electron chi connectivity index (χ3n) is 3.41. The maximum atomic E-state index is 9.42. The number of aliphatic hydroxyl groups excluding tert-OH is 1. The Morgan fingerprint density at radius 2 is 2.20 bits per heavy atom. The summed E-state index contributed by atoms with van der Waals surface area (Å²) in [5.41, 5.74) is 1.31. The van der Waals surface area contributed by atoms with Gasteiger partial charge in [-0.15, -0.1) is 0 Å². The standard InChI is InChI=1S/C12H19NO2/c14-10-12(4-1-2-5-12)9-13-7-11-3-6-15-8-11/h3,6,8,13-14H,1-2,4-5,7,9-10H2. The molecule has 1 fully saturated rings. The molecule has 1 aromatic rings. The van der Waals surface area contributed by atoms with E-state index in [1.807, 2.05) is 6.07 Å². The molecular weight excluding hydrogens is 190 g/mol. The van der Waals surface area contributed by atoms with E-state index in [-0.39, 0.29) is 5.41 Å². The molecule has 1 heterocycles. The summed E-state index contributed by atoms with van der Waals surface area (Å²) in [7, 11) is 0. The van der Waals surface area contributed by atoms with E-state index in [0.717, 1.165) is 25.9 Å². The quantitative estimate of drug-likeness (QED) is 0.778. The van der Waals surface area contributed by atoms with Crippen LogP contribution in [0.25, 0.3) is 0 Å². The van der Waals surface area contributed by atoms with Crippen molar-refractivity contribution in [3.63, 3.8) is 0 Å². The van der Waals surface area contributed by atoms with Gasteiger partial charge in [-0.05, 0) is 18.9 Å². The van der Waals surface area contributed by atoms with Crippen molar-refractivity contribution in [3.8, 4) is 0 Å². The van der Waals surface area contributed by atoms with Gasteiger partial charge in [0.25, 0.3) is 0 Å². The largest absolute Gasteiger partial charge is 0.472 e. The van der Waals surface area contributed by atoms with Crippen LogP contribution >= 0.6 is 0 Å². The highest BCUT2D eigenvalue weighted by Crippen LogP contribution is 2.36. The average Bonchev–Trinajstić information content (AvgIpc) is 2.89. The Kier molecular flexibility index (Phi) is 3.44. The lowest BCUT2D eigenvalue weighted by molar-refractivity contribution is 0.128. The van der Waals surface area contributed by atoms with Crippen molar-refractivity contribution in [2.24, 2.45) is 5.41 Å². The minimum Gasteiger partial charge on any atom is -0.472 e. The van der Waals surface area contributed by atoms with Crippen molar-refractivity contribution in [1.82, 2.24) is 5.32 Å². The molecule has 0 unspecified atom stereocenters. The summed E-state index contributed by atoms with van der Waals surface area (Å²) in [6.45, 7) is 2.05. The van der Waals surface area contributed by atoms with Gasteiger partial charge in [-0.2, -0.15) is 0 Å². The van der Waals surface area contributed by atoms with Gasteiger partial charge in [-0.1, -0.05) is 12.8 Å². The van der Waals surface area contributed by atoms with Gasteiger partial charge < -0.3 is 14.8 Å². The van der Waals surface area contributed by atoms with Crippen molar-refractivity contribution in [2.45, 2.75) is 32.2 Å². The summed E-state index contributed by atoms with van der Waals surface area (Å²) >= 11 is 0. The first-order valence-corrected chi connectivity index (χ1v) is 5.67. The normalized spacial score (nSPS) is 19.5. The van der Waals surface area contributed by atoms with Crippen LogP contribution in [0.2, 0.25) is 0 Å². The Bertz CT molecular complexity index is 276. The van der Waals surface area contributed by atoms with Gasteiger partial charge in [0.2, 0.25) is 0 Å². The molecule has 0 saturated heterocycles. The van der Waals surface area contributed by atoms with Gasteiger partial charge in [0.15, 0.2) is 0 Å². The maximum Gasteiger partial charge on any atom is 0.0947 e. The lowest BCUT2D eigenvalue weighted by Crippen LogP contribution is -2.34. The van der Waals surface area contributed by atoms with E-state index in [2.05, 4.69) is 5.32 Å². The Morgan fingerprint density at radius 3 is 2.80 bits per heavy atom. The van der Waals surface area contributed by atoms with Crippen LogP contribution < -0.4 is 5.32 Å². The number of rotatable bonds is 5. The van der Waals surface area contributed by atoms with Gasteiger partial charge in [0.1, 0.15) is 0 Å². The van der Waals surface area contributed by atoms with E-state index in [1.54, 1.807) is 12.5 Å². The second kappa shape index (κ2) is 4.81. The molecule has 84 valence electrons. The highest BCUT2D eigenvalue weighted by molar-refractivity contribution is 5.04. The fourth-order valence-corrected chi connectivity index (χ4v) is 2.38. The van der Waals surface area contributed by atoms with Crippen LogP contribution in [-0.2, 0) is 6.54 Å². The zero-order valence-electron chi connectivity index (χ0n) is 9.04. The minimum atomic E-state index is 0.143. The Morgan fingerprint density at radius 1 is 1.40 bits per heavy atom. The van der Waals surface area contributed by atoms with Crippen molar-refractivity contribution in [3.05, 3.63) is 24.2 Å². The van der Waals surface area contributed by atoms with E-state index < -0.39 is 0 Å². The summed E-state index contributed by atoms with van der Waals surface area (Å²) in [4.78, 5) is 0. The molecule has 0 spiro atoms. The highest BCUT2D eigenvalue weighted by atomic mass is 16.3. The predicted octanol–water partition coefficient (Wildman–Crippen LogP) is 1.92. The van der Waals surface area contributed by atoms with Crippen LogP contribution in [-0.4, -0.2) is 18.3 Å².